The molecule has 1 aliphatic rings. The Morgan fingerprint density at radius 1 is 1.46 bits per heavy atom. The summed E-state index contributed by atoms with van der Waals surface area (Å²) in [6, 6.07) is 0.117. The number of ether oxygens (including phenoxy) is 1. The molecule has 0 bridgehead atoms. The molecule has 8 heteroatoms. The average Bonchev–Trinajstić information content (AvgIpc) is 3.09. The second-order valence-corrected chi connectivity index (χ2v) is 6.56. The topological polar surface area (TPSA) is 99.2 Å². The quantitative estimate of drug-likeness (QED) is 0.758. The van der Waals surface area contributed by atoms with Gasteiger partial charge in [0.05, 0.1) is 18.5 Å². The van der Waals surface area contributed by atoms with Crippen LogP contribution in [0, 0.1) is 5.92 Å². The highest BCUT2D eigenvalue weighted by molar-refractivity contribution is 5.90. The van der Waals surface area contributed by atoms with Gasteiger partial charge in [-0.15, -0.1) is 12.4 Å². The van der Waals surface area contributed by atoms with Crippen molar-refractivity contribution in [3.63, 3.8) is 0 Å². The van der Waals surface area contributed by atoms with Crippen LogP contribution in [0.2, 0.25) is 0 Å². The van der Waals surface area contributed by atoms with Crippen LogP contribution >= 0.6 is 12.4 Å². The Hall–Kier alpha value is -1.60. The lowest BCUT2D eigenvalue weighted by molar-refractivity contribution is -0.152. The maximum Gasteiger partial charge on any atom is 0.333 e. The molecule has 2 atom stereocenters. The number of nitrogens with zero attached hydrogens (tertiary/aromatic N) is 2. The van der Waals surface area contributed by atoms with E-state index in [1.165, 1.54) is 10.9 Å². The van der Waals surface area contributed by atoms with Gasteiger partial charge in [0.2, 0.25) is 5.91 Å². The molecule has 1 fully saturated rings. The summed E-state index contributed by atoms with van der Waals surface area (Å²) in [5.74, 6) is -0.181. The lowest BCUT2D eigenvalue weighted by Crippen LogP contribution is -2.37. The van der Waals surface area contributed by atoms with Gasteiger partial charge in [0.1, 0.15) is 0 Å². The Labute approximate surface area is 148 Å². The van der Waals surface area contributed by atoms with E-state index in [4.69, 9.17) is 10.5 Å². The minimum atomic E-state index is -0.924. The van der Waals surface area contributed by atoms with Gasteiger partial charge in [-0.2, -0.15) is 5.10 Å². The number of carbonyl (C=O) groups excluding carboxylic acids is 2. The Balaban J connectivity index is 0.00000288. The summed E-state index contributed by atoms with van der Waals surface area (Å²) in [6.07, 6.45) is 6.68. The predicted molar refractivity (Wildman–Crippen MR) is 94.0 cm³/mol. The molecule has 1 aromatic heterocycles. The van der Waals surface area contributed by atoms with Crippen LogP contribution in [0.15, 0.2) is 12.4 Å². The molecule has 1 amide bonds. The van der Waals surface area contributed by atoms with Crippen molar-refractivity contribution >= 4 is 30.0 Å². The second-order valence-electron chi connectivity index (χ2n) is 6.56. The third kappa shape index (κ3) is 4.70. The fourth-order valence-electron chi connectivity index (χ4n) is 2.86. The first-order valence-corrected chi connectivity index (χ1v) is 8.12. The number of aromatic nitrogens is 2. The van der Waals surface area contributed by atoms with Gasteiger partial charge in [-0.05, 0) is 39.5 Å². The molecule has 0 saturated heterocycles. The van der Waals surface area contributed by atoms with E-state index in [-0.39, 0.29) is 36.2 Å². The summed E-state index contributed by atoms with van der Waals surface area (Å²) < 4.78 is 6.55. The highest BCUT2D eigenvalue weighted by atomic mass is 35.5. The van der Waals surface area contributed by atoms with Crippen molar-refractivity contribution < 1.29 is 14.3 Å². The van der Waals surface area contributed by atoms with E-state index in [1.54, 1.807) is 27.0 Å². The smallest absolute Gasteiger partial charge is 0.333 e. The lowest BCUT2D eigenvalue weighted by Gasteiger charge is -2.22. The molecule has 2 rings (SSSR count). The number of anilines is 1. The van der Waals surface area contributed by atoms with Gasteiger partial charge in [0.15, 0.2) is 5.54 Å². The first-order valence-electron chi connectivity index (χ1n) is 8.12. The highest BCUT2D eigenvalue weighted by Crippen LogP contribution is 2.27. The molecule has 1 heterocycles. The number of hydrogen-bond donors (Lipinski definition) is 2. The van der Waals surface area contributed by atoms with Crippen LogP contribution in [0.25, 0.3) is 0 Å². The molecule has 1 aromatic rings. The maximum absolute atomic E-state index is 12.1. The number of nitrogens with one attached hydrogen (secondary N) is 1. The zero-order chi connectivity index (χ0) is 17.0. The minimum Gasteiger partial charge on any atom is -0.464 e. The van der Waals surface area contributed by atoms with Crippen molar-refractivity contribution in [2.45, 2.75) is 58.0 Å². The van der Waals surface area contributed by atoms with Gasteiger partial charge in [0, 0.05) is 18.7 Å². The number of nitrogens with two attached hydrogens (primary N) is 1. The number of hydrogen-bond acceptors (Lipinski definition) is 5. The van der Waals surface area contributed by atoms with Crippen LogP contribution in [0.3, 0.4) is 0 Å². The molecule has 0 spiro atoms. The Bertz CT molecular complexity index is 573. The van der Waals surface area contributed by atoms with E-state index in [0.717, 1.165) is 19.3 Å². The number of amides is 1. The van der Waals surface area contributed by atoms with E-state index >= 15 is 0 Å². The standard InChI is InChI=1S/C16H26N4O3.ClH/c1-4-23-15(22)16(2,3)20-10-12(9-18-20)19-14(21)8-11-6-5-7-13(11)17;/h9-11,13H,4-8,17H2,1-3H3,(H,19,21);1H/t11-,13+;/m0./s1. The van der Waals surface area contributed by atoms with Crippen molar-refractivity contribution in [2.24, 2.45) is 11.7 Å². The van der Waals surface area contributed by atoms with Crippen LogP contribution in [-0.4, -0.2) is 34.3 Å². The van der Waals surface area contributed by atoms with Crippen LogP contribution < -0.4 is 11.1 Å². The highest BCUT2D eigenvalue weighted by Gasteiger charge is 2.32. The van der Waals surface area contributed by atoms with Gasteiger partial charge in [0.25, 0.3) is 0 Å². The van der Waals surface area contributed by atoms with E-state index in [2.05, 4.69) is 10.4 Å². The average molecular weight is 359 g/mol. The molecule has 0 unspecified atom stereocenters. The number of rotatable bonds is 6. The van der Waals surface area contributed by atoms with E-state index in [1.807, 2.05) is 0 Å². The number of esters is 1. The first-order chi connectivity index (χ1) is 10.8. The van der Waals surface area contributed by atoms with Crippen LogP contribution in [0.4, 0.5) is 5.69 Å². The van der Waals surface area contributed by atoms with Crippen LogP contribution in [0.5, 0.6) is 0 Å². The fourth-order valence-corrected chi connectivity index (χ4v) is 2.86. The largest absolute Gasteiger partial charge is 0.464 e. The fraction of sp³-hybridized carbons (Fsp3) is 0.688. The molecular formula is C16H27ClN4O3. The van der Waals surface area contributed by atoms with Gasteiger partial charge in [-0.25, -0.2) is 4.79 Å². The van der Waals surface area contributed by atoms with E-state index in [9.17, 15) is 9.59 Å². The molecule has 0 radical (unpaired) electrons. The SMILES string of the molecule is CCOC(=O)C(C)(C)n1cc(NC(=O)C[C@@H]2CCC[C@H]2N)cn1.Cl. The Morgan fingerprint density at radius 3 is 2.75 bits per heavy atom. The predicted octanol–water partition coefficient (Wildman–Crippen LogP) is 2.06. The first kappa shape index (κ1) is 20.4. The van der Waals surface area contributed by atoms with Gasteiger partial charge >= 0.3 is 5.97 Å². The monoisotopic (exact) mass is 358 g/mol. The van der Waals surface area contributed by atoms with Crippen molar-refractivity contribution in [1.82, 2.24) is 9.78 Å². The second kappa shape index (κ2) is 8.48. The summed E-state index contributed by atoms with van der Waals surface area (Å²) in [5.41, 5.74) is 5.64. The lowest BCUT2D eigenvalue weighted by atomic mass is 10.00. The molecule has 24 heavy (non-hydrogen) atoms. The van der Waals surface area contributed by atoms with Gasteiger partial charge in [-0.1, -0.05) is 6.42 Å². The Kier molecular flexibility index (Phi) is 7.23. The number of carbonyl (C=O) groups is 2. The van der Waals surface area contributed by atoms with Crippen molar-refractivity contribution in [3.05, 3.63) is 12.4 Å². The summed E-state index contributed by atoms with van der Waals surface area (Å²) in [7, 11) is 0. The summed E-state index contributed by atoms with van der Waals surface area (Å²) in [6.45, 7) is 5.52. The maximum atomic E-state index is 12.1. The van der Waals surface area contributed by atoms with Gasteiger partial charge in [-0.3, -0.25) is 9.48 Å². The zero-order valence-electron chi connectivity index (χ0n) is 14.4. The van der Waals surface area contributed by atoms with Crippen LogP contribution in [0.1, 0.15) is 46.5 Å². The third-order valence-corrected chi connectivity index (χ3v) is 4.38. The molecule has 0 aromatic carbocycles. The minimum absolute atomic E-state index is 0. The molecular weight excluding hydrogens is 332 g/mol. The van der Waals surface area contributed by atoms with E-state index in [0.29, 0.717) is 18.7 Å². The van der Waals surface area contributed by atoms with E-state index < -0.39 is 5.54 Å². The molecule has 136 valence electrons. The third-order valence-electron chi connectivity index (χ3n) is 4.38. The number of halogens is 1. The van der Waals surface area contributed by atoms with Crippen LogP contribution in [-0.2, 0) is 19.9 Å². The van der Waals surface area contributed by atoms with Crippen molar-refractivity contribution in [1.29, 1.82) is 0 Å². The van der Waals surface area contributed by atoms with Gasteiger partial charge < -0.3 is 15.8 Å². The van der Waals surface area contributed by atoms with Crippen molar-refractivity contribution in [2.75, 3.05) is 11.9 Å². The molecule has 0 aliphatic heterocycles. The summed E-state index contributed by atoms with van der Waals surface area (Å²) >= 11 is 0. The molecule has 1 aliphatic carbocycles. The summed E-state index contributed by atoms with van der Waals surface area (Å²) in [4.78, 5) is 24.1. The Morgan fingerprint density at radius 2 is 2.17 bits per heavy atom. The van der Waals surface area contributed by atoms with Crippen molar-refractivity contribution in [3.8, 4) is 0 Å². The molecule has 3 N–H and O–H groups in total. The summed E-state index contributed by atoms with van der Waals surface area (Å²) in [5, 5.41) is 6.99. The molecule has 7 nitrogen and oxygen atoms in total. The normalized spacial score (nSPS) is 20.3. The zero-order valence-corrected chi connectivity index (χ0v) is 15.3. The molecule has 1 saturated carbocycles.